The lowest BCUT2D eigenvalue weighted by Gasteiger charge is -2.40. The lowest BCUT2D eigenvalue weighted by molar-refractivity contribution is -0.301. The van der Waals surface area contributed by atoms with Crippen molar-refractivity contribution >= 4 is 23.9 Å². The predicted octanol–water partition coefficient (Wildman–Crippen LogP) is 12.0. The summed E-state index contributed by atoms with van der Waals surface area (Å²) >= 11 is 0. The normalized spacial score (nSPS) is 19.6. The van der Waals surface area contributed by atoms with Crippen LogP contribution in [0.25, 0.3) is 0 Å². The van der Waals surface area contributed by atoms with Crippen LogP contribution >= 0.6 is 0 Å². The molecule has 0 aromatic rings. The van der Waals surface area contributed by atoms with Crippen LogP contribution in [0.15, 0.2) is 85.1 Å². The van der Waals surface area contributed by atoms with Gasteiger partial charge in [0.1, 0.15) is 18.8 Å². The number of carboxylic acids is 1. The molecule has 1 aliphatic heterocycles. The minimum atomic E-state index is -1.92. The highest BCUT2D eigenvalue weighted by atomic mass is 16.7. The maximum absolute atomic E-state index is 13.0. The number of allylic oxidation sites excluding steroid dienone is 13. The first-order valence-electron chi connectivity index (χ1n) is 25.6. The highest BCUT2D eigenvalue weighted by Crippen LogP contribution is 2.26. The maximum atomic E-state index is 13.0. The Balaban J connectivity index is 2.79. The van der Waals surface area contributed by atoms with Crippen LogP contribution in [0.5, 0.6) is 0 Å². The van der Waals surface area contributed by atoms with Gasteiger partial charge in [0.25, 0.3) is 0 Å². The summed E-state index contributed by atoms with van der Waals surface area (Å²) in [6.07, 6.45) is 41.8. The number of carbonyl (C=O) groups is 4. The van der Waals surface area contributed by atoms with Gasteiger partial charge in [0.2, 0.25) is 0 Å². The zero-order valence-electron chi connectivity index (χ0n) is 41.4. The van der Waals surface area contributed by atoms with E-state index in [-0.39, 0.29) is 25.9 Å². The number of unbranched alkanes of at least 4 members (excludes halogenated alkanes) is 14. The third kappa shape index (κ3) is 33.9. The first kappa shape index (κ1) is 60.9. The number of rotatable bonds is 41. The van der Waals surface area contributed by atoms with E-state index in [4.69, 9.17) is 23.7 Å². The Kier molecular flexibility index (Phi) is 39.3. The van der Waals surface area contributed by atoms with E-state index in [1.807, 2.05) is 12.2 Å². The van der Waals surface area contributed by atoms with E-state index in [0.29, 0.717) is 19.3 Å². The van der Waals surface area contributed by atoms with E-state index in [0.717, 1.165) is 96.3 Å². The van der Waals surface area contributed by atoms with Gasteiger partial charge in [-0.15, -0.1) is 0 Å². The lowest BCUT2D eigenvalue weighted by Crippen LogP contribution is -2.61. The molecule has 0 aromatic carbocycles. The summed E-state index contributed by atoms with van der Waals surface area (Å²) in [5, 5.41) is 31.3. The smallest absolute Gasteiger partial charge is 0.335 e. The molecule has 12 nitrogen and oxygen atoms in total. The van der Waals surface area contributed by atoms with Gasteiger partial charge in [0.05, 0.1) is 13.0 Å². The van der Waals surface area contributed by atoms with Crippen LogP contribution in [0.2, 0.25) is 0 Å². The molecule has 380 valence electrons. The number of hydrogen-bond acceptors (Lipinski definition) is 11. The number of aliphatic hydroxyl groups excluding tert-OH is 2. The van der Waals surface area contributed by atoms with Gasteiger partial charge in [0, 0.05) is 12.8 Å². The van der Waals surface area contributed by atoms with Crippen molar-refractivity contribution in [3.8, 4) is 0 Å². The number of ether oxygens (including phenoxy) is 5. The topological polar surface area (TPSA) is 175 Å². The molecule has 0 aliphatic carbocycles. The molecule has 0 saturated carbocycles. The molecule has 0 radical (unpaired) electrons. The van der Waals surface area contributed by atoms with E-state index in [1.54, 1.807) is 6.08 Å². The highest BCUT2D eigenvalue weighted by Gasteiger charge is 2.50. The molecule has 1 heterocycles. The minimum absolute atomic E-state index is 0.0176. The summed E-state index contributed by atoms with van der Waals surface area (Å²) in [5.74, 6) is -3.32. The predicted molar refractivity (Wildman–Crippen MR) is 266 cm³/mol. The molecule has 1 rings (SSSR count). The van der Waals surface area contributed by atoms with Crippen LogP contribution in [-0.4, -0.2) is 89.2 Å². The van der Waals surface area contributed by atoms with E-state index in [1.165, 1.54) is 32.1 Å². The molecule has 1 saturated heterocycles. The van der Waals surface area contributed by atoms with Crippen LogP contribution in [0.4, 0.5) is 0 Å². The monoisotopic (exact) mass is 941 g/mol. The van der Waals surface area contributed by atoms with Crippen molar-refractivity contribution in [3.05, 3.63) is 85.1 Å². The molecule has 67 heavy (non-hydrogen) atoms. The van der Waals surface area contributed by atoms with E-state index in [2.05, 4.69) is 87.6 Å². The SMILES string of the molecule is CC/C=C\C/C=C\C/C=C\C/C=C\C/C=C\CC(=O)OCC(COC1OC(C(=O)O)C(O)C(O)C1OC(=O)CCCCCCC/C=C\C/C=C\CCC)OC(=O)CCCCCCCCCCC. The lowest BCUT2D eigenvalue weighted by atomic mass is 9.98. The number of carboxylic acid groups (broad SMARTS) is 1. The second-order valence-electron chi connectivity index (χ2n) is 17.1. The van der Waals surface area contributed by atoms with Crippen LogP contribution in [0.3, 0.4) is 0 Å². The van der Waals surface area contributed by atoms with E-state index in [9.17, 15) is 34.5 Å². The van der Waals surface area contributed by atoms with Crippen molar-refractivity contribution in [2.45, 2.75) is 225 Å². The fourth-order valence-electron chi connectivity index (χ4n) is 7.06. The highest BCUT2D eigenvalue weighted by molar-refractivity contribution is 5.74. The van der Waals surface area contributed by atoms with Crippen molar-refractivity contribution in [1.29, 1.82) is 0 Å². The summed E-state index contributed by atoms with van der Waals surface area (Å²) in [7, 11) is 0. The van der Waals surface area contributed by atoms with Gasteiger partial charge in [-0.25, -0.2) is 4.79 Å². The molecule has 6 atom stereocenters. The number of carbonyl (C=O) groups excluding carboxylic acids is 3. The molecule has 6 unspecified atom stereocenters. The fraction of sp³-hybridized carbons (Fsp3) is 0.673. The van der Waals surface area contributed by atoms with Crippen LogP contribution < -0.4 is 0 Å². The van der Waals surface area contributed by atoms with Crippen molar-refractivity contribution < 1.29 is 58.2 Å². The Bertz CT molecular complexity index is 1490. The summed E-state index contributed by atoms with van der Waals surface area (Å²) in [4.78, 5) is 50.7. The number of aliphatic hydroxyl groups is 2. The van der Waals surface area contributed by atoms with Crippen LogP contribution in [0, 0.1) is 0 Å². The van der Waals surface area contributed by atoms with E-state index < -0.39 is 67.3 Å². The molecular formula is C55H88O12. The average molecular weight is 941 g/mol. The van der Waals surface area contributed by atoms with Gasteiger partial charge < -0.3 is 39.0 Å². The Hall–Kier alpha value is -4.10. The summed E-state index contributed by atoms with van der Waals surface area (Å²) < 4.78 is 28.1. The number of hydrogen-bond donors (Lipinski definition) is 3. The largest absolute Gasteiger partial charge is 0.479 e. The molecule has 0 amide bonds. The van der Waals surface area contributed by atoms with Gasteiger partial charge in [-0.3, -0.25) is 14.4 Å². The van der Waals surface area contributed by atoms with Crippen molar-refractivity contribution in [3.63, 3.8) is 0 Å². The van der Waals surface area contributed by atoms with Gasteiger partial charge in [-0.2, -0.15) is 0 Å². The zero-order chi connectivity index (χ0) is 49.0. The molecule has 0 bridgehead atoms. The third-order valence-electron chi connectivity index (χ3n) is 11.0. The molecule has 1 fully saturated rings. The fourth-order valence-corrected chi connectivity index (χ4v) is 7.06. The molecule has 0 aromatic heterocycles. The third-order valence-corrected chi connectivity index (χ3v) is 11.0. The summed E-state index contributed by atoms with van der Waals surface area (Å²) in [5.41, 5.74) is 0. The first-order chi connectivity index (χ1) is 32.6. The van der Waals surface area contributed by atoms with Crippen molar-refractivity contribution in [1.82, 2.24) is 0 Å². The van der Waals surface area contributed by atoms with Crippen LogP contribution in [-0.2, 0) is 42.9 Å². The molecule has 0 spiro atoms. The Morgan fingerprint density at radius 2 is 1.01 bits per heavy atom. The first-order valence-corrected chi connectivity index (χ1v) is 25.6. The second kappa shape index (κ2) is 43.2. The zero-order valence-corrected chi connectivity index (χ0v) is 41.4. The van der Waals surface area contributed by atoms with Crippen molar-refractivity contribution in [2.75, 3.05) is 13.2 Å². The van der Waals surface area contributed by atoms with E-state index >= 15 is 0 Å². The molecular weight excluding hydrogens is 853 g/mol. The summed E-state index contributed by atoms with van der Waals surface area (Å²) in [6, 6.07) is 0. The Morgan fingerprint density at radius 3 is 1.57 bits per heavy atom. The minimum Gasteiger partial charge on any atom is -0.479 e. The number of aliphatic carboxylic acids is 1. The van der Waals surface area contributed by atoms with Crippen molar-refractivity contribution in [2.24, 2.45) is 0 Å². The Morgan fingerprint density at radius 1 is 0.522 bits per heavy atom. The van der Waals surface area contributed by atoms with Gasteiger partial charge >= 0.3 is 23.9 Å². The number of esters is 3. The second-order valence-corrected chi connectivity index (χ2v) is 17.1. The van der Waals surface area contributed by atoms with Gasteiger partial charge in [-0.1, -0.05) is 183 Å². The standard InChI is InChI=1S/C55H88O12/c1-4-7-10-13-16-19-21-23-24-26-27-30-32-35-38-41-47(56)63-44-46(65-48(57)42-39-36-33-29-18-15-12-9-6-3)45-64-55-53(51(60)50(59)52(67-55)54(61)62)66-49(58)43-40-37-34-31-28-25-22-20-17-14-11-8-5-2/h7,10-11,14,16,19-20,22-24,27,30,35,38,46,50-53,55,59-60H,4-6,8-9,12-13,15,17-18,21,25-26,28-29,31-34,36-37,39-45H2,1-3H3,(H,61,62)/b10-7-,14-11-,19-16-,22-20-,24-23-,30-27-,38-35-. The molecule has 12 heteroatoms. The molecule has 3 N–H and O–H groups in total. The average Bonchev–Trinajstić information content (AvgIpc) is 3.31. The van der Waals surface area contributed by atoms with Gasteiger partial charge in [-0.05, 0) is 70.6 Å². The van der Waals surface area contributed by atoms with Gasteiger partial charge in [0.15, 0.2) is 24.6 Å². The van der Waals surface area contributed by atoms with Crippen LogP contribution in [0.1, 0.15) is 188 Å². The maximum Gasteiger partial charge on any atom is 0.335 e. The summed E-state index contributed by atoms with van der Waals surface area (Å²) in [6.45, 7) is 5.65. The quantitative estimate of drug-likeness (QED) is 0.0229. The Labute approximate surface area is 403 Å². The molecule has 1 aliphatic rings.